The highest BCUT2D eigenvalue weighted by Gasteiger charge is 2.26. The molecule has 0 radical (unpaired) electrons. The number of aryl methyl sites for hydroxylation is 1. The van der Waals surface area contributed by atoms with Gasteiger partial charge in [-0.1, -0.05) is 11.2 Å². The molecule has 7 heteroatoms. The van der Waals surface area contributed by atoms with Crippen LogP contribution in [0.4, 0.5) is 5.69 Å². The van der Waals surface area contributed by atoms with Gasteiger partial charge in [-0.2, -0.15) is 5.10 Å². The summed E-state index contributed by atoms with van der Waals surface area (Å²) in [5, 5.41) is 4.48. The number of anilines is 1. The number of rotatable bonds is 6. The van der Waals surface area contributed by atoms with Gasteiger partial charge in [-0.05, 0) is 32.9 Å². The summed E-state index contributed by atoms with van der Waals surface area (Å²) in [7, 11) is 0. The van der Waals surface area contributed by atoms with E-state index in [2.05, 4.69) is 10.1 Å². The maximum absolute atomic E-state index is 12.7. The average molecular weight is 334 g/mol. The van der Waals surface area contributed by atoms with Crippen LogP contribution in [0.15, 0.2) is 30.7 Å². The summed E-state index contributed by atoms with van der Waals surface area (Å²) in [4.78, 5) is 18.4. The smallest absolute Gasteiger partial charge is 0.234 e. The molecule has 2 atom stereocenters. The van der Waals surface area contributed by atoms with Crippen LogP contribution in [0.1, 0.15) is 19.5 Å². The maximum atomic E-state index is 12.7. The number of aromatic nitrogens is 3. The van der Waals surface area contributed by atoms with E-state index in [0.29, 0.717) is 12.3 Å². The summed E-state index contributed by atoms with van der Waals surface area (Å²) in [5.74, 6) is 0.0453. The summed E-state index contributed by atoms with van der Waals surface area (Å²) in [5.41, 5.74) is 2.39. The number of carbonyl (C=O) groups excluding carboxylic acids is 1. The molecule has 1 amide bonds. The van der Waals surface area contributed by atoms with E-state index in [1.807, 2.05) is 39.1 Å². The molecule has 0 saturated carbocycles. The van der Waals surface area contributed by atoms with Gasteiger partial charge >= 0.3 is 0 Å². The van der Waals surface area contributed by atoms with Gasteiger partial charge < -0.3 is 9.45 Å². The van der Waals surface area contributed by atoms with E-state index in [4.69, 9.17) is 0 Å². The van der Waals surface area contributed by atoms with Crippen molar-refractivity contribution >= 4 is 22.8 Å². The third-order valence-electron chi connectivity index (χ3n) is 3.56. The van der Waals surface area contributed by atoms with Crippen LogP contribution in [0.25, 0.3) is 5.69 Å². The third-order valence-corrected chi connectivity index (χ3v) is 4.53. The van der Waals surface area contributed by atoms with Gasteiger partial charge in [0.05, 0.1) is 41.6 Å². The van der Waals surface area contributed by atoms with Crippen molar-refractivity contribution in [3.8, 4) is 5.69 Å². The first-order valence-electron chi connectivity index (χ1n) is 7.52. The fourth-order valence-electron chi connectivity index (χ4n) is 2.47. The Labute approximate surface area is 139 Å². The van der Waals surface area contributed by atoms with E-state index in [-0.39, 0.29) is 11.8 Å². The molecule has 0 spiro atoms. The normalized spacial score (nSPS) is 13.6. The third kappa shape index (κ3) is 4.11. The lowest BCUT2D eigenvalue weighted by Gasteiger charge is -2.23. The van der Waals surface area contributed by atoms with Gasteiger partial charge in [0.15, 0.2) is 0 Å². The van der Waals surface area contributed by atoms with Crippen molar-refractivity contribution in [3.05, 3.63) is 36.4 Å². The molecule has 0 N–H and O–H groups in total. The molecule has 124 valence electrons. The van der Waals surface area contributed by atoms with Crippen LogP contribution in [-0.4, -0.2) is 43.8 Å². The van der Waals surface area contributed by atoms with Gasteiger partial charge in [0.2, 0.25) is 5.91 Å². The summed E-state index contributed by atoms with van der Waals surface area (Å²) in [6.07, 6.45) is 6.88. The van der Waals surface area contributed by atoms with Gasteiger partial charge in [-0.15, -0.1) is 0 Å². The molecule has 0 aliphatic carbocycles. The van der Waals surface area contributed by atoms with Gasteiger partial charge in [0.1, 0.15) is 5.75 Å². The van der Waals surface area contributed by atoms with E-state index >= 15 is 0 Å². The largest absolute Gasteiger partial charge is 0.617 e. The van der Waals surface area contributed by atoms with Crippen LogP contribution in [0.5, 0.6) is 0 Å². The van der Waals surface area contributed by atoms with E-state index in [9.17, 15) is 9.35 Å². The molecule has 0 fully saturated rings. The highest BCUT2D eigenvalue weighted by Crippen LogP contribution is 2.23. The Balaban J connectivity index is 2.28. The molecule has 0 aliphatic heterocycles. The van der Waals surface area contributed by atoms with E-state index in [1.54, 1.807) is 28.2 Å². The number of nitrogens with zero attached hydrogens (tertiary/aromatic N) is 4. The molecule has 0 aliphatic rings. The molecule has 0 saturated heterocycles. The zero-order chi connectivity index (χ0) is 17.0. The molecule has 6 nitrogen and oxygen atoms in total. The molecular weight excluding hydrogens is 312 g/mol. The fraction of sp³-hybridized carbons (Fsp3) is 0.438. The van der Waals surface area contributed by atoms with E-state index in [1.165, 1.54) is 0 Å². The topological polar surface area (TPSA) is 74.1 Å². The highest BCUT2D eigenvalue weighted by molar-refractivity contribution is 7.90. The lowest BCUT2D eigenvalue weighted by Crippen LogP contribution is -2.37. The lowest BCUT2D eigenvalue weighted by atomic mass is 10.1. The Hall–Kier alpha value is -1.86. The van der Waals surface area contributed by atoms with Crippen LogP contribution in [0.3, 0.4) is 0 Å². The monoisotopic (exact) mass is 334 g/mol. The molecule has 2 heterocycles. The minimum Gasteiger partial charge on any atom is -0.617 e. The number of hydrogen-bond donors (Lipinski definition) is 0. The Bertz CT molecular complexity index is 657. The van der Waals surface area contributed by atoms with Crippen LogP contribution in [-0.2, 0) is 16.0 Å². The average Bonchev–Trinajstić information content (AvgIpc) is 2.90. The summed E-state index contributed by atoms with van der Waals surface area (Å²) in [6.45, 7) is 6.15. The number of hydrogen-bond acceptors (Lipinski definition) is 4. The maximum Gasteiger partial charge on any atom is 0.234 e. The van der Waals surface area contributed by atoms with Crippen LogP contribution in [0.2, 0.25) is 0 Å². The Kier molecular flexibility index (Phi) is 5.79. The van der Waals surface area contributed by atoms with Gasteiger partial charge in [-0.25, -0.2) is 4.68 Å². The Morgan fingerprint density at radius 1 is 1.52 bits per heavy atom. The van der Waals surface area contributed by atoms with E-state index in [0.717, 1.165) is 17.1 Å². The summed E-state index contributed by atoms with van der Waals surface area (Å²) >= 11 is -0.998. The van der Waals surface area contributed by atoms with Crippen molar-refractivity contribution in [3.63, 3.8) is 0 Å². The Morgan fingerprint density at radius 3 is 2.83 bits per heavy atom. The SMILES string of the molecule is CCN(C(=O)C(C)C[S+](C)[O-])c1cn(-c2cccnc2)nc1C. The molecular formula is C16H22N4O2S. The second-order valence-electron chi connectivity index (χ2n) is 5.48. The minimum atomic E-state index is -0.998. The highest BCUT2D eigenvalue weighted by atomic mass is 32.2. The summed E-state index contributed by atoms with van der Waals surface area (Å²) in [6, 6.07) is 3.75. The summed E-state index contributed by atoms with van der Waals surface area (Å²) < 4.78 is 13.1. The molecule has 0 bridgehead atoms. The van der Waals surface area contributed by atoms with Crippen molar-refractivity contribution in [2.24, 2.45) is 5.92 Å². The number of amides is 1. The molecule has 23 heavy (non-hydrogen) atoms. The van der Waals surface area contributed by atoms with Crippen LogP contribution >= 0.6 is 0 Å². The minimum absolute atomic E-state index is 0.0310. The fourth-order valence-corrected chi connectivity index (χ4v) is 3.32. The van der Waals surface area contributed by atoms with Gasteiger partial charge in [0, 0.05) is 12.7 Å². The van der Waals surface area contributed by atoms with E-state index < -0.39 is 11.2 Å². The quantitative estimate of drug-likeness (QED) is 0.757. The van der Waals surface area contributed by atoms with Crippen molar-refractivity contribution in [2.75, 3.05) is 23.5 Å². The predicted octanol–water partition coefficient (Wildman–Crippen LogP) is 1.94. The molecule has 2 aromatic heterocycles. The molecule has 2 rings (SSSR count). The van der Waals surface area contributed by atoms with Crippen molar-refractivity contribution < 1.29 is 9.35 Å². The zero-order valence-electron chi connectivity index (χ0n) is 13.9. The second kappa shape index (κ2) is 7.61. The van der Waals surface area contributed by atoms with Gasteiger partial charge in [0.25, 0.3) is 0 Å². The van der Waals surface area contributed by atoms with Crippen molar-refractivity contribution in [2.45, 2.75) is 20.8 Å². The first kappa shape index (κ1) is 17.5. The van der Waals surface area contributed by atoms with Crippen LogP contribution < -0.4 is 4.90 Å². The molecule has 2 aromatic rings. The van der Waals surface area contributed by atoms with Crippen molar-refractivity contribution in [1.29, 1.82) is 0 Å². The Morgan fingerprint density at radius 2 is 2.26 bits per heavy atom. The van der Waals surface area contributed by atoms with Crippen LogP contribution in [0, 0.1) is 12.8 Å². The standard InChI is InChI=1S/C16H22N4O2S/c1-5-19(16(21)12(2)11-23(4)22)15-10-20(18-13(15)3)14-7-6-8-17-9-14/h6-10,12H,5,11H2,1-4H3. The molecule has 2 unspecified atom stereocenters. The van der Waals surface area contributed by atoms with Crippen molar-refractivity contribution in [1.82, 2.24) is 14.8 Å². The first-order chi connectivity index (χ1) is 10.9. The lowest BCUT2D eigenvalue weighted by molar-refractivity contribution is -0.121. The number of pyridine rings is 1. The predicted molar refractivity (Wildman–Crippen MR) is 92.2 cm³/mol. The zero-order valence-corrected chi connectivity index (χ0v) is 14.7. The first-order valence-corrected chi connectivity index (χ1v) is 9.24. The van der Waals surface area contributed by atoms with Gasteiger partial charge in [-0.3, -0.25) is 9.78 Å². The molecule has 0 aromatic carbocycles. The second-order valence-corrected chi connectivity index (χ2v) is 6.96. The number of carbonyl (C=O) groups is 1.